The van der Waals surface area contributed by atoms with E-state index < -0.39 is 0 Å². The van der Waals surface area contributed by atoms with Crippen molar-refractivity contribution in [2.24, 2.45) is 0 Å². The molecule has 0 fully saturated rings. The summed E-state index contributed by atoms with van der Waals surface area (Å²) in [6.07, 6.45) is 10.5. The Hall–Kier alpha value is -3.41. The van der Waals surface area contributed by atoms with Crippen molar-refractivity contribution in [3.63, 3.8) is 0 Å². The summed E-state index contributed by atoms with van der Waals surface area (Å²) in [6, 6.07) is 17.4. The van der Waals surface area contributed by atoms with Gasteiger partial charge in [-0.15, -0.1) is 5.52 Å². The molecule has 0 N–H and O–H groups in total. The fourth-order valence-corrected chi connectivity index (χ4v) is 2.56. The Bertz CT molecular complexity index is 1080. The average Bonchev–Trinajstić information content (AvgIpc) is 3.25. The number of pyridine rings is 4. The molecule has 0 spiro atoms. The van der Waals surface area contributed by atoms with Crippen molar-refractivity contribution in [3.05, 3.63) is 91.8 Å². The van der Waals surface area contributed by atoms with E-state index in [9.17, 15) is 0 Å². The SMILES string of the molecule is [Cu+].c1ccc(-c2ccccn2)nc1.c1ccc(-c2cncc3cn[n-]c23)nc1. The summed E-state index contributed by atoms with van der Waals surface area (Å²) in [4.78, 5) is 16.8. The van der Waals surface area contributed by atoms with Gasteiger partial charge in [0.1, 0.15) is 0 Å². The second-order valence-electron chi connectivity index (χ2n) is 5.61. The summed E-state index contributed by atoms with van der Waals surface area (Å²) in [5.74, 6) is 0. The summed E-state index contributed by atoms with van der Waals surface area (Å²) in [5.41, 5.74) is 4.47. The topological polar surface area (TPSA) is 78.5 Å². The van der Waals surface area contributed by atoms with Crippen molar-refractivity contribution in [3.8, 4) is 22.6 Å². The van der Waals surface area contributed by atoms with Gasteiger partial charge in [0, 0.05) is 42.7 Å². The average molecular weight is 415 g/mol. The molecule has 5 aromatic rings. The fourth-order valence-electron chi connectivity index (χ4n) is 2.56. The van der Waals surface area contributed by atoms with E-state index in [0.717, 1.165) is 33.5 Å². The quantitative estimate of drug-likeness (QED) is 0.409. The summed E-state index contributed by atoms with van der Waals surface area (Å²) < 4.78 is 0. The Morgan fingerprint density at radius 2 is 1.18 bits per heavy atom. The van der Waals surface area contributed by atoms with Crippen LogP contribution >= 0.6 is 0 Å². The molecule has 28 heavy (non-hydrogen) atoms. The number of aromatic nitrogens is 6. The molecule has 5 heterocycles. The second-order valence-corrected chi connectivity index (χ2v) is 5.61. The van der Waals surface area contributed by atoms with Crippen molar-refractivity contribution in [1.82, 2.24) is 30.1 Å². The van der Waals surface area contributed by atoms with Crippen molar-refractivity contribution >= 4 is 10.9 Å². The predicted molar refractivity (Wildman–Crippen MR) is 104 cm³/mol. The first-order valence-corrected chi connectivity index (χ1v) is 8.38. The molecule has 0 saturated carbocycles. The van der Waals surface area contributed by atoms with Crippen LogP contribution in [-0.2, 0) is 17.1 Å². The number of hydrogen-bond acceptors (Lipinski definition) is 5. The maximum atomic E-state index is 4.27. The molecule has 0 radical (unpaired) electrons. The zero-order valence-corrected chi connectivity index (χ0v) is 15.6. The minimum Gasteiger partial charge on any atom is -0.574 e. The molecule has 0 bridgehead atoms. The monoisotopic (exact) mass is 414 g/mol. The molecule has 7 heteroatoms. The molecular formula is C21H15CuN6. The molecular weight excluding hydrogens is 400 g/mol. The van der Waals surface area contributed by atoms with E-state index in [4.69, 9.17) is 0 Å². The van der Waals surface area contributed by atoms with E-state index in [1.54, 1.807) is 37.2 Å². The van der Waals surface area contributed by atoms with Crippen LogP contribution in [-0.4, -0.2) is 25.0 Å². The van der Waals surface area contributed by atoms with Gasteiger partial charge in [0.05, 0.1) is 17.1 Å². The van der Waals surface area contributed by atoms with Crippen LogP contribution in [0.1, 0.15) is 0 Å². The van der Waals surface area contributed by atoms with Crippen LogP contribution in [0.4, 0.5) is 0 Å². The van der Waals surface area contributed by atoms with Gasteiger partial charge < -0.3 is 10.2 Å². The predicted octanol–water partition coefficient (Wildman–Crippen LogP) is 3.79. The molecule has 0 aliphatic carbocycles. The van der Waals surface area contributed by atoms with E-state index in [0.29, 0.717) is 0 Å². The molecule has 6 nitrogen and oxygen atoms in total. The first-order valence-electron chi connectivity index (χ1n) is 8.38. The standard InChI is InChI=1S/C11H7N4.C10H8N2.Cu/c1-2-4-13-10(3-1)9-7-12-5-8-6-14-15-11(8)9;1-3-7-11-9(5-1)10-6-2-4-8-12-10;/h1-7H;1-8H;/q-1;;+1. The van der Waals surface area contributed by atoms with Gasteiger partial charge in [0.25, 0.3) is 0 Å². The summed E-state index contributed by atoms with van der Waals surface area (Å²) in [7, 11) is 0. The van der Waals surface area contributed by atoms with Crippen molar-refractivity contribution in [2.45, 2.75) is 0 Å². The van der Waals surface area contributed by atoms with E-state index in [1.807, 2.05) is 54.6 Å². The molecule has 0 aromatic carbocycles. The largest absolute Gasteiger partial charge is 1.00 e. The van der Waals surface area contributed by atoms with Crippen LogP contribution in [0.25, 0.3) is 33.5 Å². The van der Waals surface area contributed by atoms with Crippen LogP contribution < -0.4 is 5.10 Å². The van der Waals surface area contributed by atoms with Gasteiger partial charge in [-0.25, -0.2) is 0 Å². The Morgan fingerprint density at radius 3 is 1.71 bits per heavy atom. The third kappa shape index (κ3) is 4.46. The Morgan fingerprint density at radius 1 is 0.607 bits per heavy atom. The molecule has 0 aliphatic rings. The maximum absolute atomic E-state index is 4.27. The Balaban J connectivity index is 0.000000159. The van der Waals surface area contributed by atoms with Crippen molar-refractivity contribution in [1.29, 1.82) is 0 Å². The minimum absolute atomic E-state index is 0. The Labute approximate surface area is 172 Å². The summed E-state index contributed by atoms with van der Waals surface area (Å²) >= 11 is 0. The molecule has 5 rings (SSSR count). The first kappa shape index (κ1) is 19.4. The van der Waals surface area contributed by atoms with Crippen molar-refractivity contribution < 1.29 is 17.1 Å². The van der Waals surface area contributed by atoms with Gasteiger partial charge in [0.2, 0.25) is 0 Å². The maximum Gasteiger partial charge on any atom is 1.00 e. The minimum atomic E-state index is 0. The smallest absolute Gasteiger partial charge is 0.574 e. The molecule has 0 atom stereocenters. The van der Waals surface area contributed by atoms with E-state index in [2.05, 4.69) is 30.1 Å². The van der Waals surface area contributed by atoms with Crippen LogP contribution in [0.2, 0.25) is 0 Å². The summed E-state index contributed by atoms with van der Waals surface area (Å²) in [6.45, 7) is 0. The van der Waals surface area contributed by atoms with Gasteiger partial charge in [-0.1, -0.05) is 18.2 Å². The zero-order valence-electron chi connectivity index (χ0n) is 14.6. The van der Waals surface area contributed by atoms with Gasteiger partial charge in [-0.3, -0.25) is 19.9 Å². The van der Waals surface area contributed by atoms with Crippen LogP contribution in [0.15, 0.2) is 91.8 Å². The van der Waals surface area contributed by atoms with E-state index in [1.165, 1.54) is 0 Å². The molecule has 0 unspecified atom stereocenters. The van der Waals surface area contributed by atoms with Crippen LogP contribution in [0.3, 0.4) is 0 Å². The van der Waals surface area contributed by atoms with Gasteiger partial charge in [0.15, 0.2) is 0 Å². The number of nitrogens with zero attached hydrogens (tertiary/aromatic N) is 6. The van der Waals surface area contributed by atoms with Crippen molar-refractivity contribution in [2.75, 3.05) is 0 Å². The van der Waals surface area contributed by atoms with E-state index in [-0.39, 0.29) is 17.1 Å². The first-order chi connectivity index (χ1) is 13.4. The number of fused-ring (bicyclic) bond motifs is 1. The van der Waals surface area contributed by atoms with Crippen LogP contribution in [0, 0.1) is 0 Å². The molecule has 0 aliphatic heterocycles. The third-order valence-corrected chi connectivity index (χ3v) is 3.83. The Kier molecular flexibility index (Phi) is 6.57. The zero-order chi connectivity index (χ0) is 18.3. The fraction of sp³-hybridized carbons (Fsp3) is 0. The third-order valence-electron chi connectivity index (χ3n) is 3.83. The molecule has 5 aromatic heterocycles. The van der Waals surface area contributed by atoms with Gasteiger partial charge in [-0.05, 0) is 41.8 Å². The number of hydrogen-bond donors (Lipinski definition) is 0. The van der Waals surface area contributed by atoms with Crippen LogP contribution in [0.5, 0.6) is 0 Å². The molecule has 0 amide bonds. The molecule has 140 valence electrons. The van der Waals surface area contributed by atoms with E-state index >= 15 is 0 Å². The van der Waals surface area contributed by atoms with Gasteiger partial charge >= 0.3 is 17.1 Å². The normalized spacial score (nSPS) is 9.86. The molecule has 0 saturated heterocycles. The van der Waals surface area contributed by atoms with Gasteiger partial charge in [-0.2, -0.15) is 0 Å². The number of rotatable bonds is 2. The second kappa shape index (κ2) is 9.50. The summed E-state index contributed by atoms with van der Waals surface area (Å²) in [5, 5.41) is 8.88.